The van der Waals surface area contributed by atoms with Gasteiger partial charge in [0.25, 0.3) is 0 Å². The molecule has 0 aliphatic carbocycles. The number of halogens is 2. The van der Waals surface area contributed by atoms with Crippen LogP contribution in [-0.4, -0.2) is 70.8 Å². The molecule has 226 valence electrons. The number of hydrogen-bond donors (Lipinski definition) is 1. The molecule has 3 heterocycles. The van der Waals surface area contributed by atoms with E-state index in [1.54, 1.807) is 6.92 Å². The average molecular weight is 572 g/mol. The van der Waals surface area contributed by atoms with Crippen LogP contribution < -0.4 is 10.1 Å². The van der Waals surface area contributed by atoms with Gasteiger partial charge in [-0.05, 0) is 76.8 Å². The van der Waals surface area contributed by atoms with E-state index in [4.69, 9.17) is 14.7 Å². The molecule has 1 aromatic heterocycles. The standard InChI is InChI=1S/C30H39F2N5O2.C2H6.H2/c1-19(2)33-29-8-6-7-26(34-29)30(35-27-18-37(22(5)38)14-11-20(27)3)21(4)36-15-12-24(13-16-36)39-28-10-9-23(31)17-25(28)32;1-2;/h6-10,17,19,21,24H,11-16,18H2,1-5H3,(H,33,34);1-2H3;1H. The number of carbonyl (C=O) groups excluding carboxylic acids is 1. The van der Waals surface area contributed by atoms with Gasteiger partial charge in [0.1, 0.15) is 17.7 Å². The first-order valence-corrected chi connectivity index (χ1v) is 14.7. The molecule has 0 bridgehead atoms. The zero-order valence-electron chi connectivity index (χ0n) is 25.5. The number of anilines is 1. The fourth-order valence-electron chi connectivity index (χ4n) is 5.01. The van der Waals surface area contributed by atoms with Gasteiger partial charge < -0.3 is 15.0 Å². The van der Waals surface area contributed by atoms with Gasteiger partial charge >= 0.3 is 0 Å². The van der Waals surface area contributed by atoms with Crippen LogP contribution in [-0.2, 0) is 4.79 Å². The summed E-state index contributed by atoms with van der Waals surface area (Å²) in [5.74, 6) is -0.386. The lowest BCUT2D eigenvalue weighted by atomic mass is 10.0. The number of likely N-dealkylation sites (tertiary alicyclic amines) is 1. The van der Waals surface area contributed by atoms with E-state index in [-0.39, 0.29) is 31.3 Å². The number of rotatable bonds is 8. The number of nitrogens with zero attached hydrogens (tertiary/aromatic N) is 4. The SMILES string of the molecule is CC.CC(=O)N1CCC(C)=C(N=C(c2cccc(NC(C)C)n2)C(C)N2CCC(Oc3ccc(F)cc3F)CC2)C1.[HH]. The number of ether oxygens (including phenoxy) is 1. The van der Waals surface area contributed by atoms with Gasteiger partial charge in [-0.15, -0.1) is 0 Å². The van der Waals surface area contributed by atoms with Crippen LogP contribution in [0.5, 0.6) is 5.75 Å². The molecule has 1 atom stereocenters. The van der Waals surface area contributed by atoms with Gasteiger partial charge in [0.05, 0.1) is 29.7 Å². The van der Waals surface area contributed by atoms with E-state index in [0.29, 0.717) is 25.9 Å². The molecule has 1 amide bonds. The summed E-state index contributed by atoms with van der Waals surface area (Å²) in [4.78, 5) is 26.3. The van der Waals surface area contributed by atoms with Gasteiger partial charge in [-0.2, -0.15) is 0 Å². The third-order valence-electron chi connectivity index (χ3n) is 7.35. The number of carbonyl (C=O) groups is 1. The molecule has 41 heavy (non-hydrogen) atoms. The van der Waals surface area contributed by atoms with E-state index < -0.39 is 11.6 Å². The molecule has 1 N–H and O–H groups in total. The number of pyridine rings is 1. The summed E-state index contributed by atoms with van der Waals surface area (Å²) in [6.07, 6.45) is 2.05. The van der Waals surface area contributed by atoms with E-state index in [1.807, 2.05) is 36.9 Å². The van der Waals surface area contributed by atoms with Crippen molar-refractivity contribution in [3.05, 3.63) is 65.0 Å². The molecule has 2 aromatic rings. The van der Waals surface area contributed by atoms with Gasteiger partial charge in [-0.25, -0.2) is 13.8 Å². The minimum Gasteiger partial charge on any atom is -0.487 e. The molecular formula is C32H47F2N5O2. The quantitative estimate of drug-likeness (QED) is 0.357. The topological polar surface area (TPSA) is 70.1 Å². The third-order valence-corrected chi connectivity index (χ3v) is 7.35. The van der Waals surface area contributed by atoms with Crippen LogP contribution in [0.25, 0.3) is 0 Å². The highest BCUT2D eigenvalue weighted by atomic mass is 19.1. The third kappa shape index (κ3) is 8.83. The van der Waals surface area contributed by atoms with Crippen molar-refractivity contribution >= 4 is 17.4 Å². The second-order valence-electron chi connectivity index (χ2n) is 10.7. The van der Waals surface area contributed by atoms with E-state index in [9.17, 15) is 13.6 Å². The molecule has 1 fully saturated rings. The molecule has 1 saturated heterocycles. The predicted octanol–water partition coefficient (Wildman–Crippen LogP) is 6.70. The van der Waals surface area contributed by atoms with Gasteiger partial charge in [-0.1, -0.05) is 19.9 Å². The first-order chi connectivity index (χ1) is 19.6. The monoisotopic (exact) mass is 571 g/mol. The summed E-state index contributed by atoms with van der Waals surface area (Å²) in [7, 11) is 0. The molecule has 0 radical (unpaired) electrons. The lowest BCUT2D eigenvalue weighted by molar-refractivity contribution is -0.128. The van der Waals surface area contributed by atoms with Gasteiger partial charge in [0.15, 0.2) is 11.6 Å². The van der Waals surface area contributed by atoms with Crippen molar-refractivity contribution < 1.29 is 19.7 Å². The molecule has 0 spiro atoms. The first-order valence-electron chi connectivity index (χ1n) is 14.7. The van der Waals surface area contributed by atoms with Crippen molar-refractivity contribution in [2.75, 3.05) is 31.5 Å². The van der Waals surface area contributed by atoms with Gasteiger partial charge in [-0.3, -0.25) is 14.7 Å². The van der Waals surface area contributed by atoms with Crippen LogP contribution in [0, 0.1) is 11.6 Å². The minimum absolute atomic E-state index is 0. The Hall–Kier alpha value is -3.33. The van der Waals surface area contributed by atoms with Crippen LogP contribution in [0.3, 0.4) is 0 Å². The largest absolute Gasteiger partial charge is 0.487 e. The van der Waals surface area contributed by atoms with Crippen molar-refractivity contribution in [1.82, 2.24) is 14.8 Å². The Bertz CT molecular complexity index is 1250. The van der Waals surface area contributed by atoms with Gasteiger partial charge in [0.2, 0.25) is 5.91 Å². The van der Waals surface area contributed by atoms with Crippen LogP contribution in [0.2, 0.25) is 0 Å². The fourth-order valence-corrected chi connectivity index (χ4v) is 5.01. The normalized spacial score (nSPS) is 17.7. The van der Waals surface area contributed by atoms with Crippen LogP contribution >= 0.6 is 0 Å². The maximum Gasteiger partial charge on any atom is 0.219 e. The Morgan fingerprint density at radius 2 is 1.83 bits per heavy atom. The molecule has 0 saturated carbocycles. The molecule has 1 aromatic carbocycles. The van der Waals surface area contributed by atoms with Crippen molar-refractivity contribution in [2.45, 2.75) is 85.9 Å². The van der Waals surface area contributed by atoms with Crippen molar-refractivity contribution in [3.63, 3.8) is 0 Å². The molecule has 2 aliphatic heterocycles. The second kappa shape index (κ2) is 15.1. The van der Waals surface area contributed by atoms with Crippen molar-refractivity contribution in [2.24, 2.45) is 4.99 Å². The smallest absolute Gasteiger partial charge is 0.219 e. The maximum atomic E-state index is 14.1. The minimum atomic E-state index is -0.683. The summed E-state index contributed by atoms with van der Waals surface area (Å²) in [6.45, 7) is 16.6. The lowest BCUT2D eigenvalue weighted by Crippen LogP contribution is -2.47. The molecule has 1 unspecified atom stereocenters. The number of aliphatic imine (C=N–C) groups is 1. The van der Waals surface area contributed by atoms with Crippen molar-refractivity contribution in [1.29, 1.82) is 0 Å². The Morgan fingerprint density at radius 3 is 2.46 bits per heavy atom. The Labute approximate surface area is 245 Å². The Kier molecular flexibility index (Phi) is 11.8. The van der Waals surface area contributed by atoms with E-state index in [1.165, 1.54) is 17.7 Å². The number of piperidine rings is 1. The van der Waals surface area contributed by atoms with E-state index >= 15 is 0 Å². The Morgan fingerprint density at radius 1 is 1.12 bits per heavy atom. The van der Waals surface area contributed by atoms with E-state index in [2.05, 4.69) is 37.9 Å². The molecule has 2 aliphatic rings. The molecule has 7 nitrogen and oxygen atoms in total. The van der Waals surface area contributed by atoms with Crippen molar-refractivity contribution in [3.8, 4) is 5.75 Å². The molecular weight excluding hydrogens is 524 g/mol. The zero-order valence-corrected chi connectivity index (χ0v) is 25.5. The predicted molar refractivity (Wildman–Crippen MR) is 164 cm³/mol. The number of benzene rings is 1. The van der Waals surface area contributed by atoms with Gasteiger partial charge in [0, 0.05) is 40.1 Å². The number of amides is 1. The van der Waals surface area contributed by atoms with Crippen LogP contribution in [0.1, 0.15) is 74.8 Å². The fraction of sp³-hybridized carbons (Fsp3) is 0.531. The zero-order chi connectivity index (χ0) is 30.1. The van der Waals surface area contributed by atoms with Crippen LogP contribution in [0.4, 0.5) is 14.6 Å². The second-order valence-corrected chi connectivity index (χ2v) is 10.7. The number of nitrogens with one attached hydrogen (secondary N) is 1. The number of aromatic nitrogens is 1. The van der Waals surface area contributed by atoms with Crippen LogP contribution in [0.15, 0.2) is 52.7 Å². The highest BCUT2D eigenvalue weighted by Crippen LogP contribution is 2.26. The Balaban J connectivity index is 0.00000201. The summed E-state index contributed by atoms with van der Waals surface area (Å²) in [5.41, 5.74) is 3.74. The molecule has 4 rings (SSSR count). The number of hydrogen-bond acceptors (Lipinski definition) is 6. The molecule has 9 heteroatoms. The highest BCUT2D eigenvalue weighted by Gasteiger charge is 2.29. The highest BCUT2D eigenvalue weighted by molar-refractivity contribution is 6.03. The summed E-state index contributed by atoms with van der Waals surface area (Å²) in [6, 6.07) is 9.51. The summed E-state index contributed by atoms with van der Waals surface area (Å²) in [5, 5.41) is 3.37. The average Bonchev–Trinajstić information content (AvgIpc) is 2.95. The summed E-state index contributed by atoms with van der Waals surface area (Å²) < 4.78 is 33.3. The lowest BCUT2D eigenvalue weighted by Gasteiger charge is -2.37. The van der Waals surface area contributed by atoms with E-state index in [0.717, 1.165) is 48.5 Å². The summed E-state index contributed by atoms with van der Waals surface area (Å²) >= 11 is 0. The maximum absolute atomic E-state index is 14.1. The first kappa shape index (κ1) is 32.2.